The van der Waals surface area contributed by atoms with E-state index in [-0.39, 0.29) is 12.1 Å². The molecule has 0 aromatic carbocycles. The van der Waals surface area contributed by atoms with Crippen LogP contribution < -0.4 is 11.1 Å². The number of rotatable bonds is 4. The second-order valence-electron chi connectivity index (χ2n) is 4.82. The highest BCUT2D eigenvalue weighted by Crippen LogP contribution is 2.17. The van der Waals surface area contributed by atoms with E-state index in [1.807, 2.05) is 14.0 Å². The zero-order valence-electron chi connectivity index (χ0n) is 10.5. The third-order valence-corrected chi connectivity index (χ3v) is 3.50. The second kappa shape index (κ2) is 6.74. The number of carbonyl (C=O) groups is 1. The van der Waals surface area contributed by atoms with Crippen LogP contribution in [0.1, 0.15) is 45.4 Å². The van der Waals surface area contributed by atoms with Crippen molar-refractivity contribution in [3.63, 3.8) is 0 Å². The Bertz CT molecular complexity index is 214. The number of nitrogens with zero attached hydrogens (tertiary/aromatic N) is 1. The Kier molecular flexibility index (Phi) is 5.60. The van der Waals surface area contributed by atoms with Gasteiger partial charge in [-0.25, -0.2) is 4.79 Å². The van der Waals surface area contributed by atoms with E-state index in [9.17, 15) is 4.79 Å². The molecule has 1 aliphatic rings. The van der Waals surface area contributed by atoms with E-state index in [0.717, 1.165) is 19.3 Å². The molecule has 0 saturated heterocycles. The SMILES string of the molecule is CC(CCN)N(C)C(=O)NC1CCCCC1. The molecule has 0 bridgehead atoms. The Labute approximate surface area is 98.6 Å². The first-order valence-electron chi connectivity index (χ1n) is 6.38. The molecular formula is C12H25N3O. The maximum absolute atomic E-state index is 11.9. The predicted octanol–water partition coefficient (Wildman–Crippen LogP) is 1.70. The number of nitrogens with two attached hydrogens (primary N) is 1. The average molecular weight is 227 g/mol. The van der Waals surface area contributed by atoms with Crippen LogP contribution in [0.2, 0.25) is 0 Å². The standard InChI is InChI=1S/C12H25N3O/c1-10(8-9-13)15(2)12(16)14-11-6-4-3-5-7-11/h10-11H,3-9,13H2,1-2H3,(H,14,16). The van der Waals surface area contributed by atoms with E-state index in [1.54, 1.807) is 4.90 Å². The van der Waals surface area contributed by atoms with Crippen LogP contribution in [0.15, 0.2) is 0 Å². The van der Waals surface area contributed by atoms with Crippen molar-refractivity contribution in [2.75, 3.05) is 13.6 Å². The van der Waals surface area contributed by atoms with Gasteiger partial charge in [-0.3, -0.25) is 0 Å². The number of amides is 2. The first-order chi connectivity index (χ1) is 7.65. The van der Waals surface area contributed by atoms with Gasteiger partial charge in [-0.2, -0.15) is 0 Å². The van der Waals surface area contributed by atoms with Gasteiger partial charge in [0.2, 0.25) is 0 Å². The predicted molar refractivity (Wildman–Crippen MR) is 66.3 cm³/mol. The molecule has 0 aromatic rings. The summed E-state index contributed by atoms with van der Waals surface area (Å²) in [6, 6.07) is 0.648. The van der Waals surface area contributed by atoms with Gasteiger partial charge in [0.05, 0.1) is 0 Å². The summed E-state index contributed by atoms with van der Waals surface area (Å²) < 4.78 is 0. The molecule has 1 aliphatic carbocycles. The summed E-state index contributed by atoms with van der Waals surface area (Å²) in [4.78, 5) is 13.7. The van der Waals surface area contributed by atoms with Crippen LogP contribution in [0.25, 0.3) is 0 Å². The zero-order valence-corrected chi connectivity index (χ0v) is 10.5. The lowest BCUT2D eigenvalue weighted by Gasteiger charge is -2.29. The molecule has 0 aromatic heterocycles. The Morgan fingerprint density at radius 3 is 2.62 bits per heavy atom. The minimum atomic E-state index is 0.0489. The quantitative estimate of drug-likeness (QED) is 0.768. The first-order valence-corrected chi connectivity index (χ1v) is 6.38. The normalized spacial score (nSPS) is 19.2. The largest absolute Gasteiger partial charge is 0.335 e. The molecule has 4 nitrogen and oxygen atoms in total. The maximum atomic E-state index is 11.9. The van der Waals surface area contributed by atoms with Crippen molar-refractivity contribution in [3.05, 3.63) is 0 Å². The van der Waals surface area contributed by atoms with Crippen molar-refractivity contribution in [2.24, 2.45) is 5.73 Å². The molecule has 1 rings (SSSR count). The molecule has 4 heteroatoms. The van der Waals surface area contributed by atoms with Crippen LogP contribution in [0.4, 0.5) is 4.79 Å². The molecule has 1 unspecified atom stereocenters. The third-order valence-electron chi connectivity index (χ3n) is 3.50. The molecule has 1 atom stereocenters. The van der Waals surface area contributed by atoms with E-state index >= 15 is 0 Å². The molecule has 0 aliphatic heterocycles. The molecule has 1 fully saturated rings. The van der Waals surface area contributed by atoms with Crippen LogP contribution in [0.5, 0.6) is 0 Å². The molecule has 16 heavy (non-hydrogen) atoms. The van der Waals surface area contributed by atoms with Crippen LogP contribution in [-0.4, -0.2) is 36.6 Å². The Hall–Kier alpha value is -0.770. The van der Waals surface area contributed by atoms with Crippen LogP contribution in [-0.2, 0) is 0 Å². The van der Waals surface area contributed by atoms with E-state index in [1.165, 1.54) is 19.3 Å². The number of hydrogen-bond acceptors (Lipinski definition) is 2. The van der Waals surface area contributed by atoms with E-state index in [4.69, 9.17) is 5.73 Å². The summed E-state index contributed by atoms with van der Waals surface area (Å²) in [5.41, 5.74) is 5.49. The number of hydrogen-bond donors (Lipinski definition) is 2. The Morgan fingerprint density at radius 1 is 1.44 bits per heavy atom. The number of carbonyl (C=O) groups excluding carboxylic acids is 1. The lowest BCUT2D eigenvalue weighted by atomic mass is 9.96. The topological polar surface area (TPSA) is 58.4 Å². The fourth-order valence-corrected chi connectivity index (χ4v) is 2.16. The second-order valence-corrected chi connectivity index (χ2v) is 4.82. The van der Waals surface area contributed by atoms with Crippen LogP contribution >= 0.6 is 0 Å². The lowest BCUT2D eigenvalue weighted by Crippen LogP contribution is -2.47. The molecule has 0 heterocycles. The monoisotopic (exact) mass is 227 g/mol. The summed E-state index contributed by atoms with van der Waals surface area (Å²) in [7, 11) is 1.85. The summed E-state index contributed by atoms with van der Waals surface area (Å²) in [6.45, 7) is 2.66. The van der Waals surface area contributed by atoms with Gasteiger partial charge in [0.15, 0.2) is 0 Å². The molecule has 1 saturated carbocycles. The fraction of sp³-hybridized carbons (Fsp3) is 0.917. The molecule has 0 spiro atoms. The Morgan fingerprint density at radius 2 is 2.06 bits per heavy atom. The highest BCUT2D eigenvalue weighted by Gasteiger charge is 2.20. The molecule has 94 valence electrons. The lowest BCUT2D eigenvalue weighted by molar-refractivity contribution is 0.184. The van der Waals surface area contributed by atoms with Gasteiger partial charge in [0, 0.05) is 19.1 Å². The number of urea groups is 1. The van der Waals surface area contributed by atoms with Gasteiger partial charge >= 0.3 is 6.03 Å². The van der Waals surface area contributed by atoms with E-state index < -0.39 is 0 Å². The fourth-order valence-electron chi connectivity index (χ4n) is 2.16. The smallest absolute Gasteiger partial charge is 0.317 e. The summed E-state index contributed by atoms with van der Waals surface area (Å²) in [6.07, 6.45) is 6.91. The first kappa shape index (κ1) is 13.3. The van der Waals surface area contributed by atoms with Crippen molar-refractivity contribution < 1.29 is 4.79 Å². The minimum Gasteiger partial charge on any atom is -0.335 e. The summed E-state index contributed by atoms with van der Waals surface area (Å²) >= 11 is 0. The third kappa shape index (κ3) is 4.00. The van der Waals surface area contributed by atoms with Crippen molar-refractivity contribution in [1.29, 1.82) is 0 Å². The van der Waals surface area contributed by atoms with Crippen molar-refractivity contribution in [1.82, 2.24) is 10.2 Å². The molecule has 3 N–H and O–H groups in total. The van der Waals surface area contributed by atoms with Crippen molar-refractivity contribution in [3.8, 4) is 0 Å². The van der Waals surface area contributed by atoms with E-state index in [2.05, 4.69) is 5.32 Å². The van der Waals surface area contributed by atoms with Crippen molar-refractivity contribution >= 4 is 6.03 Å². The maximum Gasteiger partial charge on any atom is 0.317 e. The zero-order chi connectivity index (χ0) is 12.0. The van der Waals surface area contributed by atoms with Gasteiger partial charge in [-0.05, 0) is 32.7 Å². The summed E-state index contributed by atoms with van der Waals surface area (Å²) in [5, 5.41) is 3.10. The molecular weight excluding hydrogens is 202 g/mol. The summed E-state index contributed by atoms with van der Waals surface area (Å²) in [5.74, 6) is 0. The van der Waals surface area contributed by atoms with Crippen LogP contribution in [0, 0.1) is 0 Å². The van der Waals surface area contributed by atoms with Gasteiger partial charge in [-0.15, -0.1) is 0 Å². The molecule has 0 radical (unpaired) electrons. The number of nitrogens with one attached hydrogen (secondary N) is 1. The van der Waals surface area contributed by atoms with Gasteiger partial charge in [0.1, 0.15) is 0 Å². The minimum absolute atomic E-state index is 0.0489. The van der Waals surface area contributed by atoms with Gasteiger partial charge in [0.25, 0.3) is 0 Å². The Balaban J connectivity index is 2.32. The highest BCUT2D eigenvalue weighted by molar-refractivity contribution is 5.74. The van der Waals surface area contributed by atoms with Crippen LogP contribution in [0.3, 0.4) is 0 Å². The average Bonchev–Trinajstić information content (AvgIpc) is 2.29. The molecule has 2 amide bonds. The van der Waals surface area contributed by atoms with Gasteiger partial charge < -0.3 is 16.0 Å². The van der Waals surface area contributed by atoms with E-state index in [0.29, 0.717) is 12.6 Å². The van der Waals surface area contributed by atoms with Crippen molar-refractivity contribution in [2.45, 2.75) is 57.5 Å². The van der Waals surface area contributed by atoms with Gasteiger partial charge in [-0.1, -0.05) is 19.3 Å². The highest BCUT2D eigenvalue weighted by atomic mass is 16.2.